The molecule has 0 saturated heterocycles. The van der Waals surface area contributed by atoms with Crippen molar-refractivity contribution in [1.29, 1.82) is 0 Å². The number of hydrogen-bond donors (Lipinski definition) is 1. The molecule has 4 nitrogen and oxygen atoms in total. The Balaban J connectivity index is 2.51. The molecule has 0 atom stereocenters. The highest BCUT2D eigenvalue weighted by molar-refractivity contribution is 9.10. The molecule has 108 valence electrons. The minimum absolute atomic E-state index is 0.368. The van der Waals surface area contributed by atoms with Gasteiger partial charge in [-0.05, 0) is 57.5 Å². The summed E-state index contributed by atoms with van der Waals surface area (Å²) in [6, 6.07) is 5.82. The van der Waals surface area contributed by atoms with Gasteiger partial charge >= 0.3 is 6.09 Å². The van der Waals surface area contributed by atoms with Gasteiger partial charge in [0, 0.05) is 16.1 Å². The molecule has 0 aliphatic heterocycles. The van der Waals surface area contributed by atoms with E-state index in [0.717, 1.165) is 27.4 Å². The number of fused-ring (bicyclic) bond motifs is 1. The van der Waals surface area contributed by atoms with E-state index in [0.29, 0.717) is 6.54 Å². The summed E-state index contributed by atoms with van der Waals surface area (Å²) < 4.78 is 7.97. The summed E-state index contributed by atoms with van der Waals surface area (Å²) in [7, 11) is 0. The van der Waals surface area contributed by atoms with Gasteiger partial charge in [0.2, 0.25) is 0 Å². The van der Waals surface area contributed by atoms with Crippen LogP contribution in [0.1, 0.15) is 26.3 Å². The third kappa shape index (κ3) is 3.22. The number of nitrogens with zero attached hydrogens (tertiary/aromatic N) is 1. The first kappa shape index (κ1) is 15.1. The molecule has 0 spiro atoms. The maximum absolute atomic E-state index is 12.3. The van der Waals surface area contributed by atoms with E-state index in [-0.39, 0.29) is 6.09 Å². The van der Waals surface area contributed by atoms with Crippen LogP contribution in [0.15, 0.2) is 28.9 Å². The van der Waals surface area contributed by atoms with Gasteiger partial charge < -0.3 is 10.5 Å². The first-order valence-corrected chi connectivity index (χ1v) is 7.34. The zero-order chi connectivity index (χ0) is 14.9. The number of halogens is 1. The molecular formula is C15H19BrN2O2. The SMILES string of the molecule is CC(C)(C)OC(=O)n1cc(CCN)c2cc(Br)ccc21. The van der Waals surface area contributed by atoms with Gasteiger partial charge in [-0.1, -0.05) is 15.9 Å². The molecule has 0 aliphatic carbocycles. The molecule has 1 aromatic carbocycles. The second-order valence-electron chi connectivity index (χ2n) is 5.70. The monoisotopic (exact) mass is 338 g/mol. The van der Waals surface area contributed by atoms with Crippen LogP contribution in [0, 0.1) is 0 Å². The third-order valence-electron chi connectivity index (χ3n) is 2.85. The maximum atomic E-state index is 12.3. The molecule has 0 bridgehead atoms. The zero-order valence-corrected chi connectivity index (χ0v) is 13.5. The van der Waals surface area contributed by atoms with Gasteiger partial charge in [-0.2, -0.15) is 0 Å². The standard InChI is InChI=1S/C15H19BrN2O2/c1-15(2,3)20-14(19)18-9-10(6-7-17)12-8-11(16)4-5-13(12)18/h4-5,8-9H,6-7,17H2,1-3H3. The van der Waals surface area contributed by atoms with Crippen molar-refractivity contribution in [1.82, 2.24) is 4.57 Å². The number of carbonyl (C=O) groups excluding carboxylic acids is 1. The van der Waals surface area contributed by atoms with E-state index in [9.17, 15) is 4.79 Å². The highest BCUT2D eigenvalue weighted by Crippen LogP contribution is 2.26. The second kappa shape index (κ2) is 5.58. The Morgan fingerprint density at radius 2 is 2.10 bits per heavy atom. The molecule has 0 saturated carbocycles. The zero-order valence-electron chi connectivity index (χ0n) is 11.9. The third-order valence-corrected chi connectivity index (χ3v) is 3.35. The molecule has 1 heterocycles. The predicted molar refractivity (Wildman–Crippen MR) is 84.0 cm³/mol. The molecule has 2 rings (SSSR count). The number of rotatable bonds is 2. The summed E-state index contributed by atoms with van der Waals surface area (Å²) in [5, 5.41) is 1.02. The van der Waals surface area contributed by atoms with Gasteiger partial charge in [-0.3, -0.25) is 4.57 Å². The molecule has 0 unspecified atom stereocenters. The Labute approximate surface area is 127 Å². The number of nitrogens with two attached hydrogens (primary N) is 1. The van der Waals surface area contributed by atoms with E-state index in [1.54, 1.807) is 4.57 Å². The van der Waals surface area contributed by atoms with Gasteiger partial charge in [0.1, 0.15) is 5.60 Å². The lowest BCUT2D eigenvalue weighted by molar-refractivity contribution is 0.0544. The van der Waals surface area contributed by atoms with Crippen molar-refractivity contribution in [2.24, 2.45) is 5.73 Å². The van der Waals surface area contributed by atoms with Gasteiger partial charge in [0.25, 0.3) is 0 Å². The Bertz CT molecular complexity index is 641. The molecule has 0 amide bonds. The Morgan fingerprint density at radius 3 is 2.70 bits per heavy atom. The summed E-state index contributed by atoms with van der Waals surface area (Å²) >= 11 is 3.46. The predicted octanol–water partition coefficient (Wildman–Crippen LogP) is 3.69. The number of benzene rings is 1. The molecule has 0 fully saturated rings. The Kier molecular flexibility index (Phi) is 4.20. The van der Waals surface area contributed by atoms with Crippen LogP contribution in [0.25, 0.3) is 10.9 Å². The van der Waals surface area contributed by atoms with Crippen molar-refractivity contribution >= 4 is 32.9 Å². The van der Waals surface area contributed by atoms with Crippen molar-refractivity contribution < 1.29 is 9.53 Å². The Hall–Kier alpha value is -1.33. The van der Waals surface area contributed by atoms with E-state index in [4.69, 9.17) is 10.5 Å². The van der Waals surface area contributed by atoms with Crippen molar-refractivity contribution in [3.8, 4) is 0 Å². The fourth-order valence-corrected chi connectivity index (χ4v) is 2.45. The number of aromatic nitrogens is 1. The van der Waals surface area contributed by atoms with Gasteiger partial charge in [0.05, 0.1) is 5.52 Å². The minimum Gasteiger partial charge on any atom is -0.443 e. The van der Waals surface area contributed by atoms with Crippen LogP contribution in [0.4, 0.5) is 4.79 Å². The highest BCUT2D eigenvalue weighted by atomic mass is 79.9. The fourth-order valence-electron chi connectivity index (χ4n) is 2.09. The van der Waals surface area contributed by atoms with Crippen LogP contribution in [-0.2, 0) is 11.2 Å². The van der Waals surface area contributed by atoms with Gasteiger partial charge in [-0.25, -0.2) is 4.79 Å². The van der Waals surface area contributed by atoms with Crippen molar-refractivity contribution in [3.05, 3.63) is 34.4 Å². The topological polar surface area (TPSA) is 57.2 Å². The molecule has 5 heteroatoms. The average Bonchev–Trinajstić information content (AvgIpc) is 2.66. The first-order chi connectivity index (χ1) is 9.31. The summed E-state index contributed by atoms with van der Waals surface area (Å²) in [6.07, 6.45) is 2.17. The summed E-state index contributed by atoms with van der Waals surface area (Å²) in [5.41, 5.74) is 7.01. The maximum Gasteiger partial charge on any atom is 0.419 e. The van der Waals surface area contributed by atoms with Crippen LogP contribution >= 0.6 is 15.9 Å². The van der Waals surface area contributed by atoms with Crippen LogP contribution in [-0.4, -0.2) is 22.8 Å². The molecule has 0 radical (unpaired) electrons. The lowest BCUT2D eigenvalue weighted by Crippen LogP contribution is -2.26. The van der Waals surface area contributed by atoms with Crippen molar-refractivity contribution in [2.75, 3.05) is 6.54 Å². The van der Waals surface area contributed by atoms with Crippen molar-refractivity contribution in [2.45, 2.75) is 32.8 Å². The summed E-state index contributed by atoms with van der Waals surface area (Å²) in [5.74, 6) is 0. The smallest absolute Gasteiger partial charge is 0.419 e. The quantitative estimate of drug-likeness (QED) is 0.908. The fraction of sp³-hybridized carbons (Fsp3) is 0.400. The van der Waals surface area contributed by atoms with Crippen LogP contribution in [0.2, 0.25) is 0 Å². The number of carbonyl (C=O) groups is 1. The first-order valence-electron chi connectivity index (χ1n) is 6.55. The van der Waals surface area contributed by atoms with Crippen LogP contribution in [0.5, 0.6) is 0 Å². The average molecular weight is 339 g/mol. The van der Waals surface area contributed by atoms with Gasteiger partial charge in [0.15, 0.2) is 0 Å². The van der Waals surface area contributed by atoms with E-state index in [1.807, 2.05) is 45.2 Å². The second-order valence-corrected chi connectivity index (χ2v) is 6.62. The van der Waals surface area contributed by atoms with Crippen LogP contribution in [0.3, 0.4) is 0 Å². The minimum atomic E-state index is -0.517. The largest absolute Gasteiger partial charge is 0.443 e. The highest BCUT2D eigenvalue weighted by Gasteiger charge is 2.20. The van der Waals surface area contributed by atoms with Crippen LogP contribution < -0.4 is 5.73 Å². The molecule has 2 aromatic rings. The van der Waals surface area contributed by atoms with E-state index in [2.05, 4.69) is 15.9 Å². The summed E-state index contributed by atoms with van der Waals surface area (Å²) in [6.45, 7) is 6.11. The van der Waals surface area contributed by atoms with Gasteiger partial charge in [-0.15, -0.1) is 0 Å². The Morgan fingerprint density at radius 1 is 1.40 bits per heavy atom. The number of hydrogen-bond acceptors (Lipinski definition) is 3. The summed E-state index contributed by atoms with van der Waals surface area (Å²) in [4.78, 5) is 12.3. The van der Waals surface area contributed by atoms with E-state index < -0.39 is 5.60 Å². The van der Waals surface area contributed by atoms with Crippen molar-refractivity contribution in [3.63, 3.8) is 0 Å². The van der Waals surface area contributed by atoms with E-state index in [1.165, 1.54) is 0 Å². The molecule has 20 heavy (non-hydrogen) atoms. The molecule has 1 aromatic heterocycles. The molecular weight excluding hydrogens is 320 g/mol. The molecule has 0 aliphatic rings. The van der Waals surface area contributed by atoms with E-state index >= 15 is 0 Å². The number of ether oxygens (including phenoxy) is 1. The lowest BCUT2D eigenvalue weighted by Gasteiger charge is -2.19. The lowest BCUT2D eigenvalue weighted by atomic mass is 10.1. The molecule has 2 N–H and O–H groups in total. The normalized spacial score (nSPS) is 11.8.